The van der Waals surface area contributed by atoms with Gasteiger partial charge >= 0.3 is 0 Å². The van der Waals surface area contributed by atoms with E-state index >= 15 is 0 Å². The van der Waals surface area contributed by atoms with Crippen LogP contribution in [-0.4, -0.2) is 11.5 Å². The molecule has 0 fully saturated rings. The van der Waals surface area contributed by atoms with Crippen molar-refractivity contribution in [1.82, 2.24) is 10.3 Å². The Morgan fingerprint density at radius 2 is 2.18 bits per heavy atom. The lowest BCUT2D eigenvalue weighted by atomic mass is 10.1. The molecule has 2 rings (SSSR count). The average Bonchev–Trinajstić information content (AvgIpc) is 2.39. The summed E-state index contributed by atoms with van der Waals surface area (Å²) >= 11 is 0. The first-order valence-electron chi connectivity index (χ1n) is 5.73. The van der Waals surface area contributed by atoms with Gasteiger partial charge in [0, 0.05) is 30.9 Å². The van der Waals surface area contributed by atoms with Gasteiger partial charge < -0.3 is 5.32 Å². The van der Waals surface area contributed by atoms with Gasteiger partial charge in [-0.2, -0.15) is 5.26 Å². The van der Waals surface area contributed by atoms with Gasteiger partial charge in [-0.05, 0) is 17.9 Å². The van der Waals surface area contributed by atoms with Crippen LogP contribution in [-0.2, 0) is 6.54 Å². The summed E-state index contributed by atoms with van der Waals surface area (Å²) in [4.78, 5) is 4.23. The number of rotatable bonds is 4. The molecule has 1 aromatic carbocycles. The van der Waals surface area contributed by atoms with Gasteiger partial charge in [-0.3, -0.25) is 4.98 Å². The van der Waals surface area contributed by atoms with Gasteiger partial charge in [-0.1, -0.05) is 24.3 Å². The largest absolute Gasteiger partial charge is 0.311 e. The van der Waals surface area contributed by atoms with Crippen LogP contribution < -0.4 is 5.32 Å². The smallest absolute Gasteiger partial charge is 0.0666 e. The SMILES string of the molecule is CC(C#N)CNCc1cncc2ccccc12. The molecular weight excluding hydrogens is 210 g/mol. The van der Waals surface area contributed by atoms with Crippen molar-refractivity contribution in [1.29, 1.82) is 5.26 Å². The van der Waals surface area contributed by atoms with Gasteiger partial charge in [0.1, 0.15) is 0 Å². The fourth-order valence-corrected chi connectivity index (χ4v) is 1.79. The maximum Gasteiger partial charge on any atom is 0.0666 e. The van der Waals surface area contributed by atoms with Gasteiger partial charge in [0.2, 0.25) is 0 Å². The maximum atomic E-state index is 8.70. The molecule has 1 heterocycles. The molecule has 86 valence electrons. The first kappa shape index (κ1) is 11.6. The molecule has 3 nitrogen and oxygen atoms in total. The monoisotopic (exact) mass is 225 g/mol. The average molecular weight is 225 g/mol. The molecule has 17 heavy (non-hydrogen) atoms. The molecule has 0 saturated heterocycles. The Hall–Kier alpha value is -1.92. The number of nitriles is 1. The predicted octanol–water partition coefficient (Wildman–Crippen LogP) is 2.48. The third-order valence-corrected chi connectivity index (χ3v) is 2.74. The molecular formula is C14H15N3. The van der Waals surface area contributed by atoms with Crippen molar-refractivity contribution in [2.45, 2.75) is 13.5 Å². The van der Waals surface area contributed by atoms with Crippen molar-refractivity contribution < 1.29 is 0 Å². The second kappa shape index (κ2) is 5.42. The number of aromatic nitrogens is 1. The van der Waals surface area contributed by atoms with E-state index in [1.54, 1.807) is 0 Å². The molecule has 0 radical (unpaired) electrons. The minimum atomic E-state index is 0.0398. The summed E-state index contributed by atoms with van der Waals surface area (Å²) in [6.45, 7) is 3.37. The third-order valence-electron chi connectivity index (χ3n) is 2.74. The second-order valence-electron chi connectivity index (χ2n) is 4.18. The normalized spacial score (nSPS) is 12.2. The summed E-state index contributed by atoms with van der Waals surface area (Å²) in [6, 6.07) is 10.4. The lowest BCUT2D eigenvalue weighted by Crippen LogP contribution is -2.20. The summed E-state index contributed by atoms with van der Waals surface area (Å²) < 4.78 is 0. The van der Waals surface area contributed by atoms with Crippen LogP contribution in [0.1, 0.15) is 12.5 Å². The Morgan fingerprint density at radius 3 is 3.00 bits per heavy atom. The molecule has 0 aliphatic rings. The van der Waals surface area contributed by atoms with Crippen LogP contribution in [0.4, 0.5) is 0 Å². The van der Waals surface area contributed by atoms with E-state index in [0.717, 1.165) is 11.9 Å². The standard InChI is InChI=1S/C14H15N3/c1-11(6-15)7-16-9-13-10-17-8-12-4-2-3-5-14(12)13/h2-5,8,10-11,16H,7,9H2,1H3. The van der Waals surface area contributed by atoms with E-state index in [1.165, 1.54) is 10.9 Å². The Bertz CT molecular complexity index is 537. The number of hydrogen-bond donors (Lipinski definition) is 1. The van der Waals surface area contributed by atoms with Gasteiger partial charge in [0.15, 0.2) is 0 Å². The number of hydrogen-bond acceptors (Lipinski definition) is 3. The summed E-state index contributed by atoms with van der Waals surface area (Å²) in [5.41, 5.74) is 1.17. The van der Waals surface area contributed by atoms with Crippen molar-refractivity contribution >= 4 is 10.8 Å². The van der Waals surface area contributed by atoms with Gasteiger partial charge in [-0.25, -0.2) is 0 Å². The Balaban J connectivity index is 2.11. The van der Waals surface area contributed by atoms with E-state index in [2.05, 4.69) is 28.5 Å². The highest BCUT2D eigenvalue weighted by Crippen LogP contribution is 2.16. The molecule has 1 atom stereocenters. The number of nitrogens with zero attached hydrogens (tertiary/aromatic N) is 2. The van der Waals surface area contributed by atoms with Crippen LogP contribution in [0.15, 0.2) is 36.7 Å². The van der Waals surface area contributed by atoms with Crippen molar-refractivity contribution in [2.75, 3.05) is 6.54 Å². The zero-order valence-electron chi connectivity index (χ0n) is 9.85. The predicted molar refractivity (Wildman–Crippen MR) is 68.2 cm³/mol. The molecule has 2 aromatic rings. The minimum Gasteiger partial charge on any atom is -0.311 e. The highest BCUT2D eigenvalue weighted by molar-refractivity contribution is 5.84. The van der Waals surface area contributed by atoms with Crippen molar-refractivity contribution in [3.8, 4) is 6.07 Å². The van der Waals surface area contributed by atoms with Crippen LogP contribution in [0.3, 0.4) is 0 Å². The van der Waals surface area contributed by atoms with Crippen LogP contribution in [0.5, 0.6) is 0 Å². The molecule has 1 unspecified atom stereocenters. The number of benzene rings is 1. The van der Waals surface area contributed by atoms with Gasteiger partial charge in [0.05, 0.1) is 12.0 Å². The summed E-state index contributed by atoms with van der Waals surface area (Å²) in [6.07, 6.45) is 3.75. The molecule has 0 aliphatic heterocycles. The number of fused-ring (bicyclic) bond motifs is 1. The Morgan fingerprint density at radius 1 is 1.35 bits per heavy atom. The molecule has 0 saturated carbocycles. The lowest BCUT2D eigenvalue weighted by molar-refractivity contribution is 0.602. The Labute approximate surface area is 101 Å². The van der Waals surface area contributed by atoms with E-state index in [-0.39, 0.29) is 5.92 Å². The van der Waals surface area contributed by atoms with Crippen LogP contribution >= 0.6 is 0 Å². The highest BCUT2D eigenvalue weighted by Gasteiger charge is 2.02. The molecule has 0 aliphatic carbocycles. The fourth-order valence-electron chi connectivity index (χ4n) is 1.79. The molecule has 1 aromatic heterocycles. The van der Waals surface area contributed by atoms with E-state index in [0.29, 0.717) is 6.54 Å². The molecule has 0 spiro atoms. The van der Waals surface area contributed by atoms with Crippen LogP contribution in [0.2, 0.25) is 0 Å². The zero-order chi connectivity index (χ0) is 12.1. The topological polar surface area (TPSA) is 48.7 Å². The number of pyridine rings is 1. The van der Waals surface area contributed by atoms with E-state index in [9.17, 15) is 0 Å². The first-order valence-corrected chi connectivity index (χ1v) is 5.73. The van der Waals surface area contributed by atoms with Gasteiger partial charge in [0.25, 0.3) is 0 Å². The minimum absolute atomic E-state index is 0.0398. The van der Waals surface area contributed by atoms with Crippen LogP contribution in [0.25, 0.3) is 10.8 Å². The summed E-state index contributed by atoms with van der Waals surface area (Å²) in [5, 5.41) is 14.4. The lowest BCUT2D eigenvalue weighted by Gasteiger charge is -2.08. The van der Waals surface area contributed by atoms with Crippen molar-refractivity contribution in [3.63, 3.8) is 0 Å². The molecule has 0 amide bonds. The van der Waals surface area contributed by atoms with Crippen molar-refractivity contribution in [2.24, 2.45) is 5.92 Å². The quantitative estimate of drug-likeness (QED) is 0.869. The van der Waals surface area contributed by atoms with E-state index in [1.807, 2.05) is 31.5 Å². The summed E-state index contributed by atoms with van der Waals surface area (Å²) in [7, 11) is 0. The Kier molecular flexibility index (Phi) is 3.69. The first-order chi connectivity index (χ1) is 8.31. The third kappa shape index (κ3) is 2.80. The summed E-state index contributed by atoms with van der Waals surface area (Å²) in [5.74, 6) is 0.0398. The molecule has 3 heteroatoms. The zero-order valence-corrected chi connectivity index (χ0v) is 9.85. The van der Waals surface area contributed by atoms with Crippen molar-refractivity contribution in [3.05, 3.63) is 42.2 Å². The highest BCUT2D eigenvalue weighted by atomic mass is 14.9. The van der Waals surface area contributed by atoms with Crippen LogP contribution in [0, 0.1) is 17.2 Å². The number of nitrogens with one attached hydrogen (secondary N) is 1. The van der Waals surface area contributed by atoms with Gasteiger partial charge in [-0.15, -0.1) is 0 Å². The molecule has 1 N–H and O–H groups in total. The maximum absolute atomic E-state index is 8.70. The van der Waals surface area contributed by atoms with E-state index < -0.39 is 0 Å². The fraction of sp³-hybridized carbons (Fsp3) is 0.286. The van der Waals surface area contributed by atoms with E-state index in [4.69, 9.17) is 5.26 Å². The second-order valence-corrected chi connectivity index (χ2v) is 4.18. The molecule has 0 bridgehead atoms.